The lowest BCUT2D eigenvalue weighted by molar-refractivity contribution is -0.121. The molecule has 2 aliphatic rings. The second-order valence-corrected chi connectivity index (χ2v) is 5.14. The highest BCUT2D eigenvalue weighted by molar-refractivity contribution is 5.79. The zero-order valence-corrected chi connectivity index (χ0v) is 8.46. The van der Waals surface area contributed by atoms with Gasteiger partial charge in [-0.05, 0) is 11.8 Å². The number of nitrogens with one attached hydrogen (secondary N) is 1. The molecule has 3 nitrogen and oxygen atoms in total. The number of ether oxygens (including phenoxy) is 1. The molecule has 0 spiro atoms. The Morgan fingerprint density at radius 3 is 2.69 bits per heavy atom. The molecule has 2 rings (SSSR count). The van der Waals surface area contributed by atoms with Gasteiger partial charge in [-0.1, -0.05) is 20.8 Å². The van der Waals surface area contributed by atoms with Gasteiger partial charge in [0.25, 0.3) is 0 Å². The molecule has 3 atom stereocenters. The summed E-state index contributed by atoms with van der Waals surface area (Å²) in [4.78, 5) is 11.0. The first kappa shape index (κ1) is 9.00. The molecule has 0 unspecified atom stereocenters. The lowest BCUT2D eigenvalue weighted by Gasteiger charge is -2.26. The highest BCUT2D eigenvalue weighted by atomic mass is 16.5. The van der Waals surface area contributed by atoms with Gasteiger partial charge >= 0.3 is 0 Å². The van der Waals surface area contributed by atoms with Gasteiger partial charge in [0, 0.05) is 0 Å². The van der Waals surface area contributed by atoms with Gasteiger partial charge in [-0.2, -0.15) is 0 Å². The van der Waals surface area contributed by atoms with E-state index in [4.69, 9.17) is 4.74 Å². The summed E-state index contributed by atoms with van der Waals surface area (Å²) in [5, 5.41) is 2.95. The van der Waals surface area contributed by atoms with E-state index in [-0.39, 0.29) is 23.5 Å². The average molecular weight is 183 g/mol. The Balaban J connectivity index is 2.01. The maximum absolute atomic E-state index is 11.0. The van der Waals surface area contributed by atoms with E-state index in [9.17, 15) is 4.79 Å². The standard InChI is InChI=1S/C10H17NO2/c1-10(2,3)8-4-6-7(13-8)5-9(12)11-6/h6-8H,4-5H2,1-3H3,(H,11,12)/t6-,7-,8+/m0/s1. The normalized spacial score (nSPS) is 39.0. The number of carbonyl (C=O) groups excluding carboxylic acids is 1. The number of hydrogen-bond donors (Lipinski definition) is 1. The van der Waals surface area contributed by atoms with E-state index in [1.165, 1.54) is 0 Å². The monoisotopic (exact) mass is 183 g/mol. The third-order valence-corrected chi connectivity index (χ3v) is 2.95. The van der Waals surface area contributed by atoms with Crippen LogP contribution < -0.4 is 5.32 Å². The highest BCUT2D eigenvalue weighted by Gasteiger charge is 2.45. The van der Waals surface area contributed by atoms with Crippen molar-refractivity contribution >= 4 is 5.91 Å². The number of fused-ring (bicyclic) bond motifs is 1. The molecule has 1 amide bonds. The Morgan fingerprint density at radius 2 is 2.15 bits per heavy atom. The van der Waals surface area contributed by atoms with E-state index in [1.54, 1.807) is 0 Å². The fraction of sp³-hybridized carbons (Fsp3) is 0.900. The zero-order chi connectivity index (χ0) is 9.64. The van der Waals surface area contributed by atoms with Gasteiger partial charge in [-0.3, -0.25) is 4.79 Å². The van der Waals surface area contributed by atoms with Crippen LogP contribution in [0.15, 0.2) is 0 Å². The van der Waals surface area contributed by atoms with Crippen LogP contribution in [0.25, 0.3) is 0 Å². The van der Waals surface area contributed by atoms with Crippen LogP contribution in [0, 0.1) is 5.41 Å². The Morgan fingerprint density at radius 1 is 1.46 bits per heavy atom. The van der Waals surface area contributed by atoms with Crippen LogP contribution in [-0.2, 0) is 9.53 Å². The number of amides is 1. The van der Waals surface area contributed by atoms with Crippen molar-refractivity contribution in [1.29, 1.82) is 0 Å². The number of hydrogen-bond acceptors (Lipinski definition) is 2. The van der Waals surface area contributed by atoms with Crippen molar-refractivity contribution < 1.29 is 9.53 Å². The molecule has 2 aliphatic heterocycles. The smallest absolute Gasteiger partial charge is 0.223 e. The molecule has 2 saturated heterocycles. The Kier molecular flexibility index (Phi) is 1.88. The van der Waals surface area contributed by atoms with Crippen molar-refractivity contribution in [1.82, 2.24) is 5.32 Å². The molecular formula is C10H17NO2. The van der Waals surface area contributed by atoms with E-state index >= 15 is 0 Å². The molecular weight excluding hydrogens is 166 g/mol. The summed E-state index contributed by atoms with van der Waals surface area (Å²) in [6.07, 6.45) is 1.96. The maximum Gasteiger partial charge on any atom is 0.223 e. The molecule has 0 aromatic heterocycles. The molecule has 0 aromatic carbocycles. The molecule has 74 valence electrons. The predicted octanol–water partition coefficient (Wildman–Crippen LogP) is 1.08. The van der Waals surface area contributed by atoms with Crippen LogP contribution in [-0.4, -0.2) is 24.2 Å². The summed E-state index contributed by atoms with van der Waals surface area (Å²) >= 11 is 0. The fourth-order valence-corrected chi connectivity index (χ4v) is 2.09. The van der Waals surface area contributed by atoms with Crippen LogP contribution in [0.3, 0.4) is 0 Å². The van der Waals surface area contributed by atoms with Gasteiger partial charge < -0.3 is 10.1 Å². The third kappa shape index (κ3) is 1.57. The lowest BCUT2D eigenvalue weighted by Crippen LogP contribution is -2.30. The minimum Gasteiger partial charge on any atom is -0.372 e. The van der Waals surface area contributed by atoms with Crippen LogP contribution in [0.4, 0.5) is 0 Å². The van der Waals surface area contributed by atoms with E-state index in [2.05, 4.69) is 26.1 Å². The second-order valence-electron chi connectivity index (χ2n) is 5.14. The van der Waals surface area contributed by atoms with E-state index in [1.807, 2.05) is 0 Å². The predicted molar refractivity (Wildman–Crippen MR) is 49.3 cm³/mol. The van der Waals surface area contributed by atoms with Crippen LogP contribution in [0.2, 0.25) is 0 Å². The van der Waals surface area contributed by atoms with E-state index < -0.39 is 0 Å². The van der Waals surface area contributed by atoms with E-state index in [0.717, 1.165) is 6.42 Å². The van der Waals surface area contributed by atoms with Crippen LogP contribution >= 0.6 is 0 Å². The van der Waals surface area contributed by atoms with Gasteiger partial charge in [0.1, 0.15) is 0 Å². The molecule has 13 heavy (non-hydrogen) atoms. The topological polar surface area (TPSA) is 38.3 Å². The van der Waals surface area contributed by atoms with Gasteiger partial charge in [-0.15, -0.1) is 0 Å². The SMILES string of the molecule is CC(C)(C)[C@H]1C[C@@H]2NC(=O)C[C@@H]2O1. The summed E-state index contributed by atoms with van der Waals surface area (Å²) < 4.78 is 5.84. The van der Waals surface area contributed by atoms with Gasteiger partial charge in [0.05, 0.1) is 24.7 Å². The lowest BCUT2D eigenvalue weighted by atomic mass is 9.87. The van der Waals surface area contributed by atoms with Gasteiger partial charge in [0.2, 0.25) is 5.91 Å². The number of carbonyl (C=O) groups is 1. The quantitative estimate of drug-likeness (QED) is 0.610. The Bertz CT molecular complexity index is 216. The second kappa shape index (κ2) is 2.71. The van der Waals surface area contributed by atoms with E-state index in [0.29, 0.717) is 12.5 Å². The Hall–Kier alpha value is -0.570. The molecule has 0 aromatic rings. The van der Waals surface area contributed by atoms with Crippen molar-refractivity contribution in [2.75, 3.05) is 0 Å². The minimum absolute atomic E-state index is 0.136. The molecule has 2 heterocycles. The summed E-state index contributed by atoms with van der Waals surface area (Å²) in [6.45, 7) is 6.54. The van der Waals surface area contributed by atoms with Gasteiger partial charge in [-0.25, -0.2) is 0 Å². The van der Waals surface area contributed by atoms with Gasteiger partial charge in [0.15, 0.2) is 0 Å². The highest BCUT2D eigenvalue weighted by Crippen LogP contribution is 2.36. The minimum atomic E-state index is 0.136. The maximum atomic E-state index is 11.0. The first-order chi connectivity index (χ1) is 5.97. The summed E-state index contributed by atoms with van der Waals surface area (Å²) in [6, 6.07) is 0.275. The summed E-state index contributed by atoms with van der Waals surface area (Å²) in [5.74, 6) is 0.141. The van der Waals surface area contributed by atoms with Crippen molar-refractivity contribution in [3.8, 4) is 0 Å². The number of rotatable bonds is 0. The summed E-state index contributed by atoms with van der Waals surface area (Å²) in [7, 11) is 0. The van der Waals surface area contributed by atoms with Crippen molar-refractivity contribution in [2.24, 2.45) is 5.41 Å². The molecule has 3 heteroatoms. The average Bonchev–Trinajstić information content (AvgIpc) is 2.40. The summed E-state index contributed by atoms with van der Waals surface area (Å²) in [5.41, 5.74) is 0.190. The first-order valence-corrected chi connectivity index (χ1v) is 4.91. The van der Waals surface area contributed by atoms with Crippen molar-refractivity contribution in [3.63, 3.8) is 0 Å². The molecule has 1 N–H and O–H groups in total. The van der Waals surface area contributed by atoms with Crippen molar-refractivity contribution in [2.45, 2.75) is 51.9 Å². The van der Waals surface area contributed by atoms with Crippen molar-refractivity contribution in [3.05, 3.63) is 0 Å². The molecule has 0 saturated carbocycles. The third-order valence-electron chi connectivity index (χ3n) is 2.95. The zero-order valence-electron chi connectivity index (χ0n) is 8.46. The molecule has 2 fully saturated rings. The van der Waals surface area contributed by atoms with Crippen LogP contribution in [0.1, 0.15) is 33.6 Å². The largest absolute Gasteiger partial charge is 0.372 e. The fourth-order valence-electron chi connectivity index (χ4n) is 2.09. The Labute approximate surface area is 78.8 Å². The van der Waals surface area contributed by atoms with Crippen LogP contribution in [0.5, 0.6) is 0 Å². The molecule has 0 bridgehead atoms. The molecule has 0 radical (unpaired) electrons. The first-order valence-electron chi connectivity index (χ1n) is 4.91. The molecule has 0 aliphatic carbocycles.